The number of benzene rings is 2. The molecule has 0 aliphatic carbocycles. The van der Waals surface area contributed by atoms with Gasteiger partial charge in [0, 0.05) is 24.8 Å². The van der Waals surface area contributed by atoms with Crippen molar-refractivity contribution in [3.63, 3.8) is 0 Å². The first kappa shape index (κ1) is 49.9. The summed E-state index contributed by atoms with van der Waals surface area (Å²) in [6, 6.07) is 8.94. The molecule has 0 aliphatic heterocycles. The zero-order chi connectivity index (χ0) is 36.9. The number of H-pyrrole nitrogens is 1. The predicted octanol–water partition coefficient (Wildman–Crippen LogP) is -7.58. The number of pyridine rings is 1. The first-order valence-corrected chi connectivity index (χ1v) is 17.9. The van der Waals surface area contributed by atoms with E-state index in [1.165, 1.54) is 44.2 Å². The Bertz CT molecular complexity index is 2390. The van der Waals surface area contributed by atoms with Gasteiger partial charge in [-0.25, -0.2) is 30.0 Å². The number of nitrogens with zero attached hydrogens (tertiary/aromatic N) is 5. The minimum Gasteiger partial charge on any atom is -0.748 e. The summed E-state index contributed by atoms with van der Waals surface area (Å²) in [5.41, 5.74) is -1.75. The van der Waals surface area contributed by atoms with Crippen LogP contribution in [0.4, 0.5) is 29.0 Å². The van der Waals surface area contributed by atoms with Crippen LogP contribution in [0.2, 0.25) is 0 Å². The van der Waals surface area contributed by atoms with Crippen molar-refractivity contribution in [1.29, 1.82) is 0 Å². The van der Waals surface area contributed by atoms with Gasteiger partial charge in [0.25, 0.3) is 5.56 Å². The van der Waals surface area contributed by atoms with E-state index in [0.29, 0.717) is 11.3 Å². The van der Waals surface area contributed by atoms with Gasteiger partial charge in [-0.15, -0.1) is 10.2 Å². The Balaban J connectivity index is 0.000001000. The number of aromatic amines is 1. The van der Waals surface area contributed by atoms with E-state index < -0.39 is 63.8 Å². The molecule has 2 aromatic carbocycles. The van der Waals surface area contributed by atoms with E-state index in [1.807, 2.05) is 0 Å². The SMILES string of the molecule is CCn1c(O)c(CS(=O)(=O)[O-])c(C)c(N=Nc2cc(C)ccc2S(=O)(=O)[O-])c1=O.CNc1nc(Nc2cccc(S(=O)(=O)[O-])c2)[nH]c(=O)n1.[Na+].[Na+].[Na+]. The summed E-state index contributed by atoms with van der Waals surface area (Å²) in [4.78, 5) is 32.6. The molecule has 0 bridgehead atoms. The summed E-state index contributed by atoms with van der Waals surface area (Å²) >= 11 is 0. The summed E-state index contributed by atoms with van der Waals surface area (Å²) in [5.74, 6) is -1.61. The molecule has 20 nitrogen and oxygen atoms in total. The smallest absolute Gasteiger partial charge is 0.748 e. The molecule has 52 heavy (non-hydrogen) atoms. The Kier molecular flexibility index (Phi) is 19.7. The maximum absolute atomic E-state index is 12.6. The number of aryl methyl sites for hydroxylation is 1. The van der Waals surface area contributed by atoms with Crippen molar-refractivity contribution in [2.24, 2.45) is 10.2 Å². The molecule has 264 valence electrons. The number of aromatic nitrogens is 4. The second-order valence-corrected chi connectivity index (χ2v) is 14.0. The molecule has 26 heteroatoms. The van der Waals surface area contributed by atoms with Gasteiger partial charge >= 0.3 is 94.4 Å². The van der Waals surface area contributed by atoms with Gasteiger partial charge in [0.15, 0.2) is 11.6 Å². The molecule has 4 rings (SSSR count). The normalized spacial score (nSPS) is 11.3. The van der Waals surface area contributed by atoms with Crippen molar-refractivity contribution in [2.45, 2.75) is 42.9 Å². The zero-order valence-electron chi connectivity index (χ0n) is 28.9. The summed E-state index contributed by atoms with van der Waals surface area (Å²) in [6.07, 6.45) is 0. The molecule has 0 amide bonds. The molecule has 4 aromatic rings. The van der Waals surface area contributed by atoms with Crippen molar-refractivity contribution in [2.75, 3.05) is 17.7 Å². The van der Waals surface area contributed by atoms with Gasteiger partial charge in [-0.2, -0.15) is 9.97 Å². The van der Waals surface area contributed by atoms with Crippen LogP contribution < -0.4 is 111 Å². The number of azo groups is 1. The van der Waals surface area contributed by atoms with Crippen LogP contribution in [0.25, 0.3) is 0 Å². The summed E-state index contributed by atoms with van der Waals surface area (Å²) in [7, 11) is -12.7. The molecule has 0 saturated carbocycles. The summed E-state index contributed by atoms with van der Waals surface area (Å²) in [6.45, 7) is 4.31. The van der Waals surface area contributed by atoms with E-state index in [1.54, 1.807) is 14.0 Å². The van der Waals surface area contributed by atoms with Crippen LogP contribution in [0, 0.1) is 13.8 Å². The molecule has 0 spiro atoms. The fourth-order valence-corrected chi connectivity index (χ4v) is 5.87. The van der Waals surface area contributed by atoms with Gasteiger partial charge in [0.2, 0.25) is 11.9 Å². The first-order chi connectivity index (χ1) is 22.6. The van der Waals surface area contributed by atoms with Crippen molar-refractivity contribution in [1.82, 2.24) is 19.5 Å². The van der Waals surface area contributed by atoms with Crippen LogP contribution in [0.5, 0.6) is 5.88 Å². The average Bonchev–Trinajstić information content (AvgIpc) is 2.98. The van der Waals surface area contributed by atoms with Gasteiger partial charge in [0.05, 0.1) is 25.7 Å². The molecular weight excluding hydrogens is 782 g/mol. The predicted molar refractivity (Wildman–Crippen MR) is 169 cm³/mol. The Morgan fingerprint density at radius 1 is 0.904 bits per heavy atom. The molecule has 0 aliphatic rings. The van der Waals surface area contributed by atoms with Crippen molar-refractivity contribution in [3.8, 4) is 5.88 Å². The van der Waals surface area contributed by atoms with Crippen LogP contribution >= 0.6 is 0 Å². The van der Waals surface area contributed by atoms with Crippen LogP contribution in [-0.2, 0) is 42.7 Å². The number of nitrogens with one attached hydrogen (secondary N) is 3. The average molecular weight is 809 g/mol. The summed E-state index contributed by atoms with van der Waals surface area (Å²) < 4.78 is 101. The van der Waals surface area contributed by atoms with Crippen molar-refractivity contribution in [3.05, 3.63) is 80.0 Å². The third kappa shape index (κ3) is 14.0. The number of aromatic hydroxyl groups is 1. The Morgan fingerprint density at radius 2 is 1.54 bits per heavy atom. The fraction of sp³-hybridized carbons (Fsp3) is 0.231. The minimum absolute atomic E-state index is 0. The number of hydrogen-bond donors (Lipinski definition) is 4. The van der Waals surface area contributed by atoms with E-state index in [4.69, 9.17) is 0 Å². The molecule has 2 heterocycles. The van der Waals surface area contributed by atoms with Crippen molar-refractivity contribution < 1.29 is 133 Å². The van der Waals surface area contributed by atoms with E-state index in [0.717, 1.165) is 16.7 Å². The van der Waals surface area contributed by atoms with Crippen LogP contribution in [0.3, 0.4) is 0 Å². The van der Waals surface area contributed by atoms with Gasteiger partial charge in [-0.3, -0.25) is 14.3 Å². The molecule has 0 atom stereocenters. The fourth-order valence-electron chi connectivity index (χ4n) is 4.06. The number of anilines is 3. The second kappa shape index (κ2) is 20.6. The number of hydrogen-bond acceptors (Lipinski definition) is 18. The monoisotopic (exact) mass is 808 g/mol. The second-order valence-electron chi connectivity index (χ2n) is 9.84. The first-order valence-electron chi connectivity index (χ1n) is 13.5. The molecular formula is C26H27N8Na3O12S3. The third-order valence-corrected chi connectivity index (χ3v) is 8.68. The van der Waals surface area contributed by atoms with Crippen LogP contribution in [0.15, 0.2) is 72.1 Å². The van der Waals surface area contributed by atoms with Crippen LogP contribution in [-0.4, -0.2) is 70.6 Å². The maximum atomic E-state index is 12.6. The molecule has 4 N–H and O–H groups in total. The summed E-state index contributed by atoms with van der Waals surface area (Å²) in [5, 5.41) is 22.9. The Hall–Kier alpha value is -2.07. The molecule has 0 saturated heterocycles. The third-order valence-electron chi connectivity index (χ3n) is 6.32. The van der Waals surface area contributed by atoms with Crippen molar-refractivity contribution >= 4 is 59.3 Å². The molecule has 2 aromatic heterocycles. The standard InChI is InChI=1S/C16H19N3O8S2.C10H11N5O4S.3Na/c1-4-19-15(20)11(8-28(22,23)24)10(3)14(16(19)21)18-17-12-7-9(2)5-6-13(12)29(25,26)27;1-11-8-13-9(15-10(16)14-8)12-6-3-2-4-7(5-6)20(17,18)19;;;/h5-7,20H,4,8H2,1-3H3,(H,22,23,24)(H,25,26,27);2-5H,1H3,(H,17,18,19)(H3,11,12,13,14,15,16);;;/q;;3*+1/p-3. The number of rotatable bonds is 10. The quantitative estimate of drug-likeness (QED) is 0.0657. The van der Waals surface area contributed by atoms with Gasteiger partial charge in [0.1, 0.15) is 25.9 Å². The Morgan fingerprint density at radius 3 is 2.08 bits per heavy atom. The van der Waals surface area contributed by atoms with Gasteiger partial charge < -0.3 is 29.4 Å². The van der Waals surface area contributed by atoms with E-state index in [9.17, 15) is 53.6 Å². The topological polar surface area (TPSA) is 321 Å². The van der Waals surface area contributed by atoms with Crippen LogP contribution in [0.1, 0.15) is 23.6 Å². The minimum atomic E-state index is -4.87. The van der Waals surface area contributed by atoms with Gasteiger partial charge in [-0.1, -0.05) is 12.1 Å². The van der Waals surface area contributed by atoms with E-state index in [2.05, 4.69) is 35.8 Å². The molecule has 0 unspecified atom stereocenters. The largest absolute Gasteiger partial charge is 1.00 e. The molecule has 0 radical (unpaired) electrons. The Labute approximate surface area is 364 Å². The maximum Gasteiger partial charge on any atom is 1.00 e. The molecule has 0 fully saturated rings. The van der Waals surface area contributed by atoms with E-state index in [-0.39, 0.29) is 129 Å². The van der Waals surface area contributed by atoms with E-state index >= 15 is 0 Å². The zero-order valence-corrected chi connectivity index (χ0v) is 37.3. The van der Waals surface area contributed by atoms with Gasteiger partial charge in [-0.05, 0) is 62.2 Å².